The molecule has 0 fully saturated rings. The predicted molar refractivity (Wildman–Crippen MR) is 67.5 cm³/mol. The second-order valence-corrected chi connectivity index (χ2v) is 3.42. The zero-order valence-electron chi connectivity index (χ0n) is 10.1. The maximum Gasteiger partial charge on any atom is 0.387 e. The minimum Gasteiger partial charge on any atom is -0.432 e. The van der Waals surface area contributed by atoms with Gasteiger partial charge in [-0.1, -0.05) is 0 Å². The minimum absolute atomic E-state index is 0. The molecule has 1 rings (SSSR count). The third kappa shape index (κ3) is 6.30. The Kier molecular flexibility index (Phi) is 7.94. The molecule has 19 heavy (non-hydrogen) atoms. The number of amides is 1. The number of rotatable bonds is 6. The van der Waals surface area contributed by atoms with E-state index in [2.05, 4.69) is 15.4 Å². The van der Waals surface area contributed by atoms with Crippen LogP contribution in [0.3, 0.4) is 0 Å². The highest BCUT2D eigenvalue weighted by atomic mass is 35.5. The van der Waals surface area contributed by atoms with Crippen LogP contribution in [-0.2, 0) is 4.79 Å². The third-order valence-corrected chi connectivity index (χ3v) is 2.04. The van der Waals surface area contributed by atoms with Crippen molar-refractivity contribution in [1.29, 1.82) is 0 Å². The largest absolute Gasteiger partial charge is 0.432 e. The molecule has 0 aromatic heterocycles. The summed E-state index contributed by atoms with van der Waals surface area (Å²) in [5.41, 5.74) is 0.0119. The van der Waals surface area contributed by atoms with Gasteiger partial charge in [0.25, 0.3) is 0 Å². The Bertz CT molecular complexity index is 419. The smallest absolute Gasteiger partial charge is 0.387 e. The Labute approximate surface area is 114 Å². The van der Waals surface area contributed by atoms with E-state index in [1.165, 1.54) is 6.07 Å². The molecule has 108 valence electrons. The van der Waals surface area contributed by atoms with Crippen molar-refractivity contribution in [3.8, 4) is 5.75 Å². The van der Waals surface area contributed by atoms with Gasteiger partial charge in [0, 0.05) is 19.0 Å². The summed E-state index contributed by atoms with van der Waals surface area (Å²) >= 11 is 0. The lowest BCUT2D eigenvalue weighted by Crippen LogP contribution is -2.19. The molecular weight excluding hydrogens is 285 g/mol. The van der Waals surface area contributed by atoms with Crippen LogP contribution in [-0.4, -0.2) is 26.1 Å². The quantitative estimate of drug-likeness (QED) is 0.848. The molecule has 4 nitrogen and oxygen atoms in total. The highest BCUT2D eigenvalue weighted by Gasteiger charge is 2.12. The van der Waals surface area contributed by atoms with Gasteiger partial charge in [-0.25, -0.2) is 4.39 Å². The molecule has 0 aliphatic rings. The molecule has 0 aliphatic carbocycles. The number of carbonyl (C=O) groups is 1. The molecule has 2 N–H and O–H groups in total. The van der Waals surface area contributed by atoms with E-state index in [9.17, 15) is 18.0 Å². The molecule has 0 saturated carbocycles. The van der Waals surface area contributed by atoms with Crippen LogP contribution in [0.1, 0.15) is 6.42 Å². The number of anilines is 1. The standard InChI is InChI=1S/C11H13F3N2O2.ClH/c1-15-5-4-10(17)16-8-3-2-7(12)6-9(8)18-11(13)14;/h2-3,6,11,15H,4-5H2,1H3,(H,16,17);1H. The Balaban J connectivity index is 0.00000324. The zero-order chi connectivity index (χ0) is 13.5. The van der Waals surface area contributed by atoms with E-state index in [4.69, 9.17) is 0 Å². The van der Waals surface area contributed by atoms with Gasteiger partial charge in [-0.2, -0.15) is 8.78 Å². The molecule has 0 radical (unpaired) electrons. The van der Waals surface area contributed by atoms with E-state index in [0.29, 0.717) is 6.54 Å². The van der Waals surface area contributed by atoms with Crippen molar-refractivity contribution in [1.82, 2.24) is 5.32 Å². The topological polar surface area (TPSA) is 50.4 Å². The van der Waals surface area contributed by atoms with E-state index in [-0.39, 0.29) is 30.4 Å². The average Bonchev–Trinajstić information content (AvgIpc) is 2.29. The van der Waals surface area contributed by atoms with Gasteiger partial charge in [-0.05, 0) is 19.2 Å². The van der Waals surface area contributed by atoms with Crippen LogP contribution >= 0.6 is 12.4 Å². The first-order valence-corrected chi connectivity index (χ1v) is 5.21. The second-order valence-electron chi connectivity index (χ2n) is 3.42. The van der Waals surface area contributed by atoms with Crippen LogP contribution in [0.15, 0.2) is 18.2 Å². The van der Waals surface area contributed by atoms with Crippen molar-refractivity contribution in [2.75, 3.05) is 18.9 Å². The van der Waals surface area contributed by atoms with Crippen molar-refractivity contribution in [3.63, 3.8) is 0 Å². The van der Waals surface area contributed by atoms with Crippen LogP contribution in [0.4, 0.5) is 18.9 Å². The molecule has 8 heteroatoms. The molecule has 1 aromatic rings. The monoisotopic (exact) mass is 298 g/mol. The van der Waals surface area contributed by atoms with Crippen molar-refractivity contribution < 1.29 is 22.7 Å². The van der Waals surface area contributed by atoms with Crippen LogP contribution in [0, 0.1) is 5.82 Å². The van der Waals surface area contributed by atoms with E-state index in [0.717, 1.165) is 12.1 Å². The first-order chi connectivity index (χ1) is 8.52. The summed E-state index contributed by atoms with van der Waals surface area (Å²) < 4.78 is 41.2. The van der Waals surface area contributed by atoms with Gasteiger partial charge in [0.15, 0.2) is 5.75 Å². The van der Waals surface area contributed by atoms with Crippen molar-refractivity contribution in [2.45, 2.75) is 13.0 Å². The number of hydrogen-bond donors (Lipinski definition) is 2. The molecule has 0 bridgehead atoms. The van der Waals surface area contributed by atoms with Gasteiger partial charge < -0.3 is 15.4 Å². The summed E-state index contributed by atoms with van der Waals surface area (Å²) in [4.78, 5) is 11.4. The minimum atomic E-state index is -3.08. The molecule has 0 aliphatic heterocycles. The first-order valence-electron chi connectivity index (χ1n) is 5.21. The lowest BCUT2D eigenvalue weighted by Gasteiger charge is -2.11. The highest BCUT2D eigenvalue weighted by molar-refractivity contribution is 5.92. The van der Waals surface area contributed by atoms with Crippen molar-refractivity contribution in [3.05, 3.63) is 24.0 Å². The van der Waals surface area contributed by atoms with E-state index in [1.54, 1.807) is 7.05 Å². The van der Waals surface area contributed by atoms with E-state index in [1.807, 2.05) is 0 Å². The molecule has 1 aromatic carbocycles. The maximum absolute atomic E-state index is 12.9. The van der Waals surface area contributed by atoms with Gasteiger partial charge in [-0.3, -0.25) is 4.79 Å². The Hall–Kier alpha value is -1.47. The molecule has 1 amide bonds. The van der Waals surface area contributed by atoms with Gasteiger partial charge in [0.05, 0.1) is 5.69 Å². The number of benzene rings is 1. The molecule has 0 unspecified atom stereocenters. The molecule has 0 heterocycles. The molecular formula is C11H14ClF3N2O2. The number of halogens is 4. The lowest BCUT2D eigenvalue weighted by atomic mass is 10.2. The van der Waals surface area contributed by atoms with Crippen LogP contribution < -0.4 is 15.4 Å². The molecule has 0 saturated heterocycles. The van der Waals surface area contributed by atoms with E-state index < -0.39 is 18.2 Å². The zero-order valence-corrected chi connectivity index (χ0v) is 10.9. The average molecular weight is 299 g/mol. The first kappa shape index (κ1) is 17.5. The van der Waals surface area contributed by atoms with Crippen molar-refractivity contribution in [2.24, 2.45) is 0 Å². The van der Waals surface area contributed by atoms with Crippen LogP contribution in [0.25, 0.3) is 0 Å². The lowest BCUT2D eigenvalue weighted by molar-refractivity contribution is -0.116. The number of carbonyl (C=O) groups excluding carboxylic acids is 1. The molecule has 0 spiro atoms. The number of alkyl halides is 2. The van der Waals surface area contributed by atoms with Crippen LogP contribution in [0.5, 0.6) is 5.75 Å². The van der Waals surface area contributed by atoms with Crippen molar-refractivity contribution >= 4 is 24.0 Å². The summed E-state index contributed by atoms with van der Waals surface area (Å²) in [6.07, 6.45) is 0.169. The summed E-state index contributed by atoms with van der Waals surface area (Å²) in [5, 5.41) is 5.14. The van der Waals surface area contributed by atoms with Gasteiger partial charge in [0.2, 0.25) is 5.91 Å². The third-order valence-electron chi connectivity index (χ3n) is 2.04. The van der Waals surface area contributed by atoms with Crippen LogP contribution in [0.2, 0.25) is 0 Å². The number of hydrogen-bond acceptors (Lipinski definition) is 3. The predicted octanol–water partition coefficient (Wildman–Crippen LogP) is 2.40. The summed E-state index contributed by atoms with van der Waals surface area (Å²) in [7, 11) is 1.68. The number of ether oxygens (including phenoxy) is 1. The van der Waals surface area contributed by atoms with Gasteiger partial charge in [0.1, 0.15) is 5.82 Å². The SMILES string of the molecule is CNCCC(=O)Nc1ccc(F)cc1OC(F)F.Cl. The fourth-order valence-corrected chi connectivity index (χ4v) is 1.24. The normalized spacial score (nSPS) is 9.95. The Morgan fingerprint density at radius 3 is 2.68 bits per heavy atom. The highest BCUT2D eigenvalue weighted by Crippen LogP contribution is 2.27. The van der Waals surface area contributed by atoms with Gasteiger partial charge in [-0.15, -0.1) is 12.4 Å². The maximum atomic E-state index is 12.9. The van der Waals surface area contributed by atoms with E-state index >= 15 is 0 Å². The fraction of sp³-hybridized carbons (Fsp3) is 0.364. The number of nitrogens with one attached hydrogen (secondary N) is 2. The Morgan fingerprint density at radius 2 is 2.11 bits per heavy atom. The fourth-order valence-electron chi connectivity index (χ4n) is 1.24. The van der Waals surface area contributed by atoms with Gasteiger partial charge >= 0.3 is 6.61 Å². The summed E-state index contributed by atoms with van der Waals surface area (Å²) in [6.45, 7) is -2.64. The molecule has 0 atom stereocenters. The second kappa shape index (κ2) is 8.60. The summed E-state index contributed by atoms with van der Waals surface area (Å²) in [5.74, 6) is -1.50. The summed E-state index contributed by atoms with van der Waals surface area (Å²) in [6, 6.07) is 3.01. The Morgan fingerprint density at radius 1 is 1.42 bits per heavy atom.